The predicted molar refractivity (Wildman–Crippen MR) is 72.5 cm³/mol. The van der Waals surface area contributed by atoms with Crippen LogP contribution in [0.3, 0.4) is 0 Å². The van der Waals surface area contributed by atoms with Gasteiger partial charge in [-0.05, 0) is 23.6 Å². The Balaban J connectivity index is 2.12. The lowest BCUT2D eigenvalue weighted by Crippen LogP contribution is -2.03. The smallest absolute Gasteiger partial charge is 0.124 e. The van der Waals surface area contributed by atoms with Crippen LogP contribution < -0.4 is 0 Å². The molecule has 0 unspecified atom stereocenters. The van der Waals surface area contributed by atoms with E-state index in [0.717, 1.165) is 23.4 Å². The van der Waals surface area contributed by atoms with Gasteiger partial charge in [-0.2, -0.15) is 5.26 Å². The third-order valence-electron chi connectivity index (χ3n) is 2.86. The Morgan fingerprint density at radius 1 is 1.22 bits per heavy atom. The molecule has 18 heavy (non-hydrogen) atoms. The first-order chi connectivity index (χ1) is 8.88. The Morgan fingerprint density at radius 3 is 2.89 bits per heavy atom. The maximum Gasteiger partial charge on any atom is 0.124 e. The van der Waals surface area contributed by atoms with E-state index in [4.69, 9.17) is 5.26 Å². The normalized spacial score (nSPS) is 10.6. The Kier molecular flexibility index (Phi) is 2.83. The summed E-state index contributed by atoms with van der Waals surface area (Å²) in [5.41, 5.74) is 2.05. The van der Waals surface area contributed by atoms with E-state index in [-0.39, 0.29) is 0 Å². The van der Waals surface area contributed by atoms with Gasteiger partial charge in [0.25, 0.3) is 0 Å². The van der Waals surface area contributed by atoms with Gasteiger partial charge in [0.05, 0.1) is 30.1 Å². The molecule has 0 saturated carbocycles. The van der Waals surface area contributed by atoms with E-state index >= 15 is 0 Å². The van der Waals surface area contributed by atoms with Crippen molar-refractivity contribution >= 4 is 22.4 Å². The second-order valence-corrected chi connectivity index (χ2v) is 5.05. The number of fused-ring (bicyclic) bond motifs is 1. The van der Waals surface area contributed by atoms with Crippen molar-refractivity contribution in [1.82, 2.24) is 9.55 Å². The molecule has 2 aromatic heterocycles. The fourth-order valence-electron chi connectivity index (χ4n) is 2.07. The summed E-state index contributed by atoms with van der Waals surface area (Å²) in [7, 11) is 0. The summed E-state index contributed by atoms with van der Waals surface area (Å²) >= 11 is 1.72. The zero-order chi connectivity index (χ0) is 12.4. The number of hydrogen-bond acceptors (Lipinski definition) is 3. The van der Waals surface area contributed by atoms with E-state index in [1.165, 1.54) is 4.88 Å². The number of nitrogens with zero attached hydrogens (tertiary/aromatic N) is 3. The van der Waals surface area contributed by atoms with Crippen molar-refractivity contribution in [1.29, 1.82) is 5.26 Å². The standard InChI is InChI=1S/C14H11N3S/c15-8-7-14-16-12-5-1-2-6-13(12)17(14)10-11-4-3-9-18-11/h1-6,9H,7,10H2. The molecule has 0 fully saturated rings. The fourth-order valence-corrected chi connectivity index (χ4v) is 2.76. The van der Waals surface area contributed by atoms with Crippen molar-refractivity contribution in [3.05, 3.63) is 52.5 Å². The van der Waals surface area contributed by atoms with Crippen molar-refractivity contribution < 1.29 is 0 Å². The van der Waals surface area contributed by atoms with Gasteiger partial charge >= 0.3 is 0 Å². The van der Waals surface area contributed by atoms with Gasteiger partial charge in [-0.1, -0.05) is 18.2 Å². The van der Waals surface area contributed by atoms with Crippen LogP contribution >= 0.6 is 11.3 Å². The molecule has 4 heteroatoms. The molecule has 3 aromatic rings. The molecule has 0 radical (unpaired) electrons. The second-order valence-electron chi connectivity index (χ2n) is 4.02. The Hall–Kier alpha value is -2.12. The Bertz CT molecular complexity index is 704. The summed E-state index contributed by atoms with van der Waals surface area (Å²) in [4.78, 5) is 5.80. The van der Waals surface area contributed by atoms with Gasteiger partial charge in [0.2, 0.25) is 0 Å². The molecule has 0 saturated heterocycles. The number of thiophene rings is 1. The number of para-hydroxylation sites is 2. The van der Waals surface area contributed by atoms with Crippen LogP contribution in [-0.2, 0) is 13.0 Å². The largest absolute Gasteiger partial charge is 0.322 e. The van der Waals surface area contributed by atoms with Crippen LogP contribution in [0.15, 0.2) is 41.8 Å². The molecule has 0 N–H and O–H groups in total. The summed E-state index contributed by atoms with van der Waals surface area (Å²) in [5.74, 6) is 0.840. The van der Waals surface area contributed by atoms with Gasteiger partial charge in [-0.25, -0.2) is 4.98 Å². The Morgan fingerprint density at radius 2 is 2.11 bits per heavy atom. The van der Waals surface area contributed by atoms with Gasteiger partial charge in [0.15, 0.2) is 0 Å². The maximum absolute atomic E-state index is 8.89. The summed E-state index contributed by atoms with van der Waals surface area (Å²) in [6.07, 6.45) is 0.347. The minimum atomic E-state index is 0.347. The van der Waals surface area contributed by atoms with Crippen LogP contribution in [0.2, 0.25) is 0 Å². The van der Waals surface area contributed by atoms with Gasteiger partial charge in [-0.3, -0.25) is 0 Å². The lowest BCUT2D eigenvalue weighted by Gasteiger charge is -2.05. The van der Waals surface area contributed by atoms with Crippen LogP contribution in [0, 0.1) is 11.3 Å². The highest BCUT2D eigenvalue weighted by molar-refractivity contribution is 7.09. The first-order valence-corrected chi connectivity index (χ1v) is 6.60. The number of benzene rings is 1. The molecule has 2 heterocycles. The highest BCUT2D eigenvalue weighted by Crippen LogP contribution is 2.20. The van der Waals surface area contributed by atoms with Crippen molar-refractivity contribution in [2.75, 3.05) is 0 Å². The molecule has 3 rings (SSSR count). The third-order valence-corrected chi connectivity index (χ3v) is 3.73. The minimum Gasteiger partial charge on any atom is -0.322 e. The van der Waals surface area contributed by atoms with Crippen LogP contribution in [0.1, 0.15) is 10.7 Å². The van der Waals surface area contributed by atoms with E-state index < -0.39 is 0 Å². The quantitative estimate of drug-likeness (QED) is 0.719. The molecule has 0 aliphatic carbocycles. The third kappa shape index (κ3) is 1.89. The molecular weight excluding hydrogens is 242 g/mol. The highest BCUT2D eigenvalue weighted by Gasteiger charge is 2.10. The summed E-state index contributed by atoms with van der Waals surface area (Å²) in [6.45, 7) is 0.787. The first-order valence-electron chi connectivity index (χ1n) is 5.72. The monoisotopic (exact) mass is 253 g/mol. The van der Waals surface area contributed by atoms with E-state index in [1.54, 1.807) is 11.3 Å². The van der Waals surface area contributed by atoms with Crippen LogP contribution in [0.4, 0.5) is 0 Å². The number of nitriles is 1. The maximum atomic E-state index is 8.89. The topological polar surface area (TPSA) is 41.6 Å². The van der Waals surface area contributed by atoms with Crippen LogP contribution in [0.25, 0.3) is 11.0 Å². The van der Waals surface area contributed by atoms with Crippen molar-refractivity contribution in [2.45, 2.75) is 13.0 Å². The Labute approximate surface area is 109 Å². The molecule has 1 aromatic carbocycles. The van der Waals surface area contributed by atoms with Crippen LogP contribution in [0.5, 0.6) is 0 Å². The first kappa shape index (κ1) is 11.0. The fraction of sp³-hybridized carbons (Fsp3) is 0.143. The van der Waals surface area contributed by atoms with Gasteiger partial charge in [0.1, 0.15) is 5.82 Å². The number of imidazole rings is 1. The predicted octanol–water partition coefficient (Wildman–Crippen LogP) is 3.21. The minimum absolute atomic E-state index is 0.347. The van der Waals surface area contributed by atoms with E-state index in [2.05, 4.69) is 33.1 Å². The average Bonchev–Trinajstić information content (AvgIpc) is 3.00. The molecule has 88 valence electrons. The van der Waals surface area contributed by atoms with E-state index in [0.29, 0.717) is 6.42 Å². The number of hydrogen-bond donors (Lipinski definition) is 0. The van der Waals surface area contributed by atoms with Crippen molar-refractivity contribution in [2.24, 2.45) is 0 Å². The summed E-state index contributed by atoms with van der Waals surface area (Å²) in [6, 6.07) is 14.4. The van der Waals surface area contributed by atoms with E-state index in [1.807, 2.05) is 24.3 Å². The van der Waals surface area contributed by atoms with E-state index in [9.17, 15) is 0 Å². The lowest BCUT2D eigenvalue weighted by molar-refractivity contribution is 0.779. The van der Waals surface area contributed by atoms with Crippen molar-refractivity contribution in [3.8, 4) is 6.07 Å². The average molecular weight is 253 g/mol. The summed E-state index contributed by atoms with van der Waals surface area (Å²) < 4.78 is 2.13. The molecular formula is C14H11N3S. The van der Waals surface area contributed by atoms with Crippen LogP contribution in [-0.4, -0.2) is 9.55 Å². The van der Waals surface area contributed by atoms with Gasteiger partial charge in [-0.15, -0.1) is 11.3 Å². The molecule has 0 aliphatic heterocycles. The number of aromatic nitrogens is 2. The molecule has 0 aliphatic rings. The zero-order valence-electron chi connectivity index (χ0n) is 9.71. The van der Waals surface area contributed by atoms with Crippen molar-refractivity contribution in [3.63, 3.8) is 0 Å². The zero-order valence-corrected chi connectivity index (χ0v) is 10.5. The number of rotatable bonds is 3. The van der Waals surface area contributed by atoms with Gasteiger partial charge < -0.3 is 4.57 Å². The lowest BCUT2D eigenvalue weighted by atomic mass is 10.3. The molecule has 0 amide bonds. The molecule has 0 spiro atoms. The molecule has 3 nitrogen and oxygen atoms in total. The molecule has 0 bridgehead atoms. The highest BCUT2D eigenvalue weighted by atomic mass is 32.1. The summed E-state index contributed by atoms with van der Waals surface area (Å²) in [5, 5.41) is 11.0. The SMILES string of the molecule is N#CCc1nc2ccccc2n1Cc1cccs1. The van der Waals surface area contributed by atoms with Gasteiger partial charge in [0, 0.05) is 4.88 Å². The second kappa shape index (κ2) is 4.63. The molecule has 0 atom stereocenters.